The fraction of sp³-hybridized carbons (Fsp3) is 0.133. The van der Waals surface area contributed by atoms with Crippen LogP contribution in [0, 0.1) is 0 Å². The minimum atomic E-state index is -0.124. The second kappa shape index (κ2) is 11.7. The SMILES string of the molecule is COc1cccc(C(=O)N(Cc2ccccc2)c2ccc(CC(=O)NCc3ccccc3)cc2)c1. The first kappa shape index (κ1) is 23.8. The molecule has 0 atom stereocenters. The Morgan fingerprint density at radius 1 is 0.743 bits per heavy atom. The van der Waals surface area contributed by atoms with Crippen LogP contribution in [-0.4, -0.2) is 18.9 Å². The van der Waals surface area contributed by atoms with Crippen LogP contribution in [0.4, 0.5) is 5.69 Å². The number of carbonyl (C=O) groups excluding carboxylic acids is 2. The molecule has 4 aromatic carbocycles. The highest BCUT2D eigenvalue weighted by atomic mass is 16.5. The number of rotatable bonds is 9. The molecule has 2 amide bonds. The molecule has 1 N–H and O–H groups in total. The summed E-state index contributed by atoms with van der Waals surface area (Å²) in [5.41, 5.74) is 4.27. The first-order chi connectivity index (χ1) is 17.1. The van der Waals surface area contributed by atoms with Crippen LogP contribution < -0.4 is 15.0 Å². The number of nitrogens with zero attached hydrogens (tertiary/aromatic N) is 1. The number of anilines is 1. The third-order valence-electron chi connectivity index (χ3n) is 5.69. The summed E-state index contributed by atoms with van der Waals surface area (Å²) in [6.07, 6.45) is 0.273. The molecule has 0 aliphatic heterocycles. The summed E-state index contributed by atoms with van der Waals surface area (Å²) in [6.45, 7) is 0.922. The zero-order valence-corrected chi connectivity index (χ0v) is 19.7. The largest absolute Gasteiger partial charge is 0.497 e. The third-order valence-corrected chi connectivity index (χ3v) is 5.69. The third kappa shape index (κ3) is 6.58. The van der Waals surface area contributed by atoms with Crippen molar-refractivity contribution in [1.82, 2.24) is 5.32 Å². The van der Waals surface area contributed by atoms with Gasteiger partial charge in [0.2, 0.25) is 5.91 Å². The number of hydrogen-bond acceptors (Lipinski definition) is 3. The van der Waals surface area contributed by atoms with Gasteiger partial charge in [0.15, 0.2) is 0 Å². The van der Waals surface area contributed by atoms with E-state index in [4.69, 9.17) is 4.74 Å². The number of benzene rings is 4. The standard InChI is InChI=1S/C30H28N2O3/c1-35-28-14-8-13-26(20-28)30(34)32(22-25-11-6-3-7-12-25)27-17-15-23(16-18-27)19-29(33)31-21-24-9-4-2-5-10-24/h2-18,20H,19,21-22H2,1H3,(H,31,33). The Hall–Kier alpha value is -4.38. The smallest absolute Gasteiger partial charge is 0.258 e. The van der Waals surface area contributed by atoms with Crippen molar-refractivity contribution in [2.75, 3.05) is 12.0 Å². The minimum Gasteiger partial charge on any atom is -0.497 e. The van der Waals surface area contributed by atoms with Crippen molar-refractivity contribution in [2.24, 2.45) is 0 Å². The van der Waals surface area contributed by atoms with Crippen LogP contribution in [0.1, 0.15) is 27.0 Å². The van der Waals surface area contributed by atoms with Gasteiger partial charge in [0, 0.05) is 17.8 Å². The molecule has 0 spiro atoms. The van der Waals surface area contributed by atoms with E-state index in [9.17, 15) is 9.59 Å². The van der Waals surface area contributed by atoms with E-state index in [-0.39, 0.29) is 18.2 Å². The zero-order chi connectivity index (χ0) is 24.5. The molecule has 5 nitrogen and oxygen atoms in total. The Morgan fingerprint density at radius 2 is 1.40 bits per heavy atom. The molecule has 5 heteroatoms. The Balaban J connectivity index is 1.49. The van der Waals surface area contributed by atoms with E-state index in [0.29, 0.717) is 24.4 Å². The molecule has 0 saturated carbocycles. The molecule has 176 valence electrons. The van der Waals surface area contributed by atoms with E-state index in [1.165, 1.54) is 0 Å². The summed E-state index contributed by atoms with van der Waals surface area (Å²) in [7, 11) is 1.58. The van der Waals surface area contributed by atoms with Gasteiger partial charge in [-0.25, -0.2) is 0 Å². The maximum Gasteiger partial charge on any atom is 0.258 e. The average molecular weight is 465 g/mol. The molecule has 0 aliphatic rings. The number of nitrogens with one attached hydrogen (secondary N) is 1. The summed E-state index contributed by atoms with van der Waals surface area (Å²) in [5, 5.41) is 2.95. The van der Waals surface area contributed by atoms with E-state index >= 15 is 0 Å². The number of ether oxygens (including phenoxy) is 1. The first-order valence-corrected chi connectivity index (χ1v) is 11.5. The number of methoxy groups -OCH3 is 1. The Labute approximate surface area is 206 Å². The highest BCUT2D eigenvalue weighted by Crippen LogP contribution is 2.23. The minimum absolute atomic E-state index is 0.0461. The molecule has 0 unspecified atom stereocenters. The fourth-order valence-corrected chi connectivity index (χ4v) is 3.80. The molecule has 0 bridgehead atoms. The topological polar surface area (TPSA) is 58.6 Å². The summed E-state index contributed by atoms with van der Waals surface area (Å²) in [6, 6.07) is 34.4. The molecule has 0 aliphatic carbocycles. The van der Waals surface area contributed by atoms with Crippen LogP contribution in [0.2, 0.25) is 0 Å². The van der Waals surface area contributed by atoms with Gasteiger partial charge in [0.05, 0.1) is 20.1 Å². The lowest BCUT2D eigenvalue weighted by atomic mass is 10.1. The maximum absolute atomic E-state index is 13.5. The maximum atomic E-state index is 13.5. The van der Waals surface area contributed by atoms with E-state index in [1.807, 2.05) is 97.1 Å². The monoisotopic (exact) mass is 464 g/mol. The Kier molecular flexibility index (Phi) is 7.92. The lowest BCUT2D eigenvalue weighted by molar-refractivity contribution is -0.120. The second-order valence-corrected chi connectivity index (χ2v) is 8.21. The van der Waals surface area contributed by atoms with Crippen molar-refractivity contribution in [3.05, 3.63) is 131 Å². The van der Waals surface area contributed by atoms with Gasteiger partial charge in [-0.05, 0) is 47.0 Å². The molecule has 4 rings (SSSR count). The van der Waals surface area contributed by atoms with Gasteiger partial charge < -0.3 is 15.0 Å². The molecule has 0 fully saturated rings. The summed E-state index contributed by atoms with van der Waals surface area (Å²) in [5.74, 6) is 0.462. The van der Waals surface area contributed by atoms with Crippen molar-refractivity contribution in [1.29, 1.82) is 0 Å². The summed E-state index contributed by atoms with van der Waals surface area (Å²) in [4.78, 5) is 27.7. The Morgan fingerprint density at radius 3 is 2.06 bits per heavy atom. The fourth-order valence-electron chi connectivity index (χ4n) is 3.80. The van der Waals surface area contributed by atoms with Gasteiger partial charge in [0.1, 0.15) is 5.75 Å². The van der Waals surface area contributed by atoms with Crippen molar-refractivity contribution in [2.45, 2.75) is 19.5 Å². The first-order valence-electron chi connectivity index (χ1n) is 11.5. The summed E-state index contributed by atoms with van der Waals surface area (Å²) < 4.78 is 5.30. The number of hydrogen-bond donors (Lipinski definition) is 1. The van der Waals surface area contributed by atoms with Gasteiger partial charge in [-0.15, -0.1) is 0 Å². The van der Waals surface area contributed by atoms with Crippen molar-refractivity contribution in [3.63, 3.8) is 0 Å². The predicted octanol–water partition coefficient (Wildman–Crippen LogP) is 5.40. The van der Waals surface area contributed by atoms with Gasteiger partial charge in [-0.3, -0.25) is 9.59 Å². The number of amides is 2. The molecule has 0 radical (unpaired) electrons. The van der Waals surface area contributed by atoms with E-state index < -0.39 is 0 Å². The highest BCUT2D eigenvalue weighted by Gasteiger charge is 2.19. The van der Waals surface area contributed by atoms with Crippen LogP contribution in [0.3, 0.4) is 0 Å². The van der Waals surface area contributed by atoms with Crippen molar-refractivity contribution < 1.29 is 14.3 Å². The van der Waals surface area contributed by atoms with Crippen molar-refractivity contribution in [3.8, 4) is 5.75 Å². The predicted molar refractivity (Wildman–Crippen MR) is 138 cm³/mol. The summed E-state index contributed by atoms with van der Waals surface area (Å²) >= 11 is 0. The van der Waals surface area contributed by atoms with E-state index in [0.717, 1.165) is 22.4 Å². The van der Waals surface area contributed by atoms with Crippen LogP contribution in [0.25, 0.3) is 0 Å². The highest BCUT2D eigenvalue weighted by molar-refractivity contribution is 6.06. The van der Waals surface area contributed by atoms with Crippen LogP contribution >= 0.6 is 0 Å². The average Bonchev–Trinajstić information content (AvgIpc) is 2.92. The molecular formula is C30H28N2O3. The Bertz CT molecular complexity index is 1260. The number of carbonyl (C=O) groups is 2. The van der Waals surface area contributed by atoms with Crippen LogP contribution in [0.15, 0.2) is 109 Å². The van der Waals surface area contributed by atoms with Crippen molar-refractivity contribution >= 4 is 17.5 Å². The van der Waals surface area contributed by atoms with Gasteiger partial charge in [-0.1, -0.05) is 78.9 Å². The van der Waals surface area contributed by atoms with Crippen LogP contribution in [-0.2, 0) is 24.3 Å². The molecule has 4 aromatic rings. The zero-order valence-electron chi connectivity index (χ0n) is 19.7. The molecule has 35 heavy (non-hydrogen) atoms. The quantitative estimate of drug-likeness (QED) is 0.361. The van der Waals surface area contributed by atoms with Gasteiger partial charge in [-0.2, -0.15) is 0 Å². The molecule has 0 aromatic heterocycles. The molecule has 0 saturated heterocycles. The molecular weight excluding hydrogens is 436 g/mol. The van der Waals surface area contributed by atoms with E-state index in [1.54, 1.807) is 24.1 Å². The lowest BCUT2D eigenvalue weighted by Gasteiger charge is -2.24. The van der Waals surface area contributed by atoms with Gasteiger partial charge in [0.25, 0.3) is 5.91 Å². The molecule has 0 heterocycles. The normalized spacial score (nSPS) is 10.4. The lowest BCUT2D eigenvalue weighted by Crippen LogP contribution is -2.30. The van der Waals surface area contributed by atoms with Gasteiger partial charge >= 0.3 is 0 Å². The van der Waals surface area contributed by atoms with E-state index in [2.05, 4.69) is 5.32 Å². The second-order valence-electron chi connectivity index (χ2n) is 8.21. The van der Waals surface area contributed by atoms with Crippen LogP contribution in [0.5, 0.6) is 5.75 Å².